The fourth-order valence-electron chi connectivity index (χ4n) is 4.28. The van der Waals surface area contributed by atoms with Gasteiger partial charge in [-0.15, -0.1) is 0 Å². The fourth-order valence-corrected chi connectivity index (χ4v) is 4.28. The van der Waals surface area contributed by atoms with Gasteiger partial charge in [-0.25, -0.2) is 4.79 Å². The van der Waals surface area contributed by atoms with Crippen LogP contribution < -0.4 is 10.1 Å². The third kappa shape index (κ3) is 5.09. The van der Waals surface area contributed by atoms with Crippen molar-refractivity contribution in [3.63, 3.8) is 0 Å². The maximum Gasteiger partial charge on any atom is 0.410 e. The molecule has 3 aromatic rings. The van der Waals surface area contributed by atoms with E-state index < -0.39 is 5.60 Å². The molecule has 0 spiro atoms. The summed E-state index contributed by atoms with van der Waals surface area (Å²) in [6.45, 7) is 8.72. The molecule has 0 radical (unpaired) electrons. The van der Waals surface area contributed by atoms with Gasteiger partial charge in [0.15, 0.2) is 5.75 Å². The number of nitrogens with one attached hydrogen (secondary N) is 1. The normalized spacial score (nSPS) is 14.5. The molecule has 0 atom stereocenters. The minimum absolute atomic E-state index is 0.0762. The molecule has 0 unspecified atom stereocenters. The first-order valence-electron chi connectivity index (χ1n) is 11.7. The summed E-state index contributed by atoms with van der Waals surface area (Å²) in [5.74, 6) is 0.678. The number of carbonyl (C=O) groups excluding carboxylic acids is 1. The van der Waals surface area contributed by atoms with E-state index in [4.69, 9.17) is 9.47 Å². The van der Waals surface area contributed by atoms with Crippen molar-refractivity contribution < 1.29 is 14.3 Å². The highest BCUT2D eigenvalue weighted by Gasteiger charge is 2.29. The second-order valence-electron chi connectivity index (χ2n) is 9.64. The molecule has 1 aliphatic heterocycles. The number of hydrogen-bond acceptors (Lipinski definition) is 5. The second kappa shape index (κ2) is 9.64. The lowest BCUT2D eigenvalue weighted by Gasteiger charge is -2.34. The zero-order valence-corrected chi connectivity index (χ0v) is 20.2. The van der Waals surface area contributed by atoms with E-state index in [-0.39, 0.29) is 12.2 Å². The van der Waals surface area contributed by atoms with Crippen molar-refractivity contribution in [2.24, 2.45) is 0 Å². The van der Waals surface area contributed by atoms with Crippen molar-refractivity contribution in [1.82, 2.24) is 4.90 Å². The Hall–Kier alpha value is -3.72. The van der Waals surface area contributed by atoms with Crippen LogP contribution in [-0.4, -0.2) is 35.8 Å². The highest BCUT2D eigenvalue weighted by Crippen LogP contribution is 2.42. The lowest BCUT2D eigenvalue weighted by molar-refractivity contribution is 0.0128. The van der Waals surface area contributed by atoms with Crippen molar-refractivity contribution >= 4 is 28.2 Å². The number of para-hydroxylation sites is 1. The summed E-state index contributed by atoms with van der Waals surface area (Å²) in [5, 5.41) is 15.5. The number of nitriles is 1. The van der Waals surface area contributed by atoms with Crippen LogP contribution in [-0.2, 0) is 4.74 Å². The summed E-state index contributed by atoms with van der Waals surface area (Å²) in [4.78, 5) is 14.2. The number of aryl methyl sites for hydroxylation is 1. The number of hydrogen-bond donors (Lipinski definition) is 1. The van der Waals surface area contributed by atoms with Crippen LogP contribution in [0.3, 0.4) is 0 Å². The lowest BCUT2D eigenvalue weighted by atomic mass is 9.97. The molecule has 0 aliphatic carbocycles. The molecule has 1 aliphatic rings. The van der Waals surface area contributed by atoms with E-state index in [0.717, 1.165) is 22.0 Å². The summed E-state index contributed by atoms with van der Waals surface area (Å²) >= 11 is 0. The van der Waals surface area contributed by atoms with Gasteiger partial charge in [-0.3, -0.25) is 0 Å². The molecule has 1 saturated heterocycles. The molecule has 1 N–H and O–H groups in total. The van der Waals surface area contributed by atoms with Gasteiger partial charge < -0.3 is 19.7 Å². The molecule has 0 saturated carbocycles. The van der Waals surface area contributed by atoms with Gasteiger partial charge in [0.05, 0.1) is 5.56 Å². The summed E-state index contributed by atoms with van der Waals surface area (Å²) in [5.41, 5.74) is 2.54. The summed E-state index contributed by atoms with van der Waals surface area (Å²) < 4.78 is 12.1. The second-order valence-corrected chi connectivity index (χ2v) is 9.64. The van der Waals surface area contributed by atoms with Crippen LogP contribution in [0.25, 0.3) is 10.8 Å². The van der Waals surface area contributed by atoms with Gasteiger partial charge in [0.25, 0.3) is 0 Å². The van der Waals surface area contributed by atoms with Crippen molar-refractivity contribution in [3.05, 3.63) is 65.7 Å². The van der Waals surface area contributed by atoms with Crippen LogP contribution >= 0.6 is 0 Å². The first-order valence-corrected chi connectivity index (χ1v) is 11.7. The monoisotopic (exact) mass is 457 g/mol. The summed E-state index contributed by atoms with van der Waals surface area (Å²) in [6.07, 6.45) is 1.01. The van der Waals surface area contributed by atoms with Gasteiger partial charge in [-0.2, -0.15) is 5.26 Å². The number of anilines is 2. The first kappa shape index (κ1) is 23.4. The highest BCUT2D eigenvalue weighted by atomic mass is 16.6. The number of likely N-dealkylation sites (tertiary alicyclic amines) is 1. The van der Waals surface area contributed by atoms with E-state index in [2.05, 4.69) is 11.4 Å². The molecule has 0 bridgehead atoms. The summed E-state index contributed by atoms with van der Waals surface area (Å²) in [6, 6.07) is 20.2. The Morgan fingerprint density at radius 3 is 2.26 bits per heavy atom. The smallest absolute Gasteiger partial charge is 0.410 e. The zero-order valence-electron chi connectivity index (χ0n) is 20.2. The molecule has 176 valence electrons. The number of carbonyl (C=O) groups is 1. The van der Waals surface area contributed by atoms with Crippen molar-refractivity contribution in [2.75, 3.05) is 18.4 Å². The third-order valence-corrected chi connectivity index (χ3v) is 5.96. The Kier molecular flexibility index (Phi) is 6.65. The van der Waals surface area contributed by atoms with Crippen molar-refractivity contribution in [3.8, 4) is 11.8 Å². The molecule has 3 aromatic carbocycles. The van der Waals surface area contributed by atoms with Crippen LogP contribution in [0, 0.1) is 18.3 Å². The largest absolute Gasteiger partial charge is 0.487 e. The van der Waals surface area contributed by atoms with Crippen LogP contribution in [0.2, 0.25) is 0 Å². The average molecular weight is 458 g/mol. The molecule has 1 amide bonds. The van der Waals surface area contributed by atoms with Gasteiger partial charge in [0.1, 0.15) is 23.5 Å². The van der Waals surface area contributed by atoms with E-state index in [1.807, 2.05) is 82.3 Å². The van der Waals surface area contributed by atoms with Gasteiger partial charge in [0, 0.05) is 37.0 Å². The maximum absolute atomic E-state index is 12.4. The van der Waals surface area contributed by atoms with Gasteiger partial charge in [0.2, 0.25) is 0 Å². The molecule has 0 aromatic heterocycles. The highest BCUT2D eigenvalue weighted by molar-refractivity contribution is 5.99. The van der Waals surface area contributed by atoms with Crippen LogP contribution in [0.5, 0.6) is 5.75 Å². The molecular weight excluding hydrogens is 426 g/mol. The molecule has 6 nitrogen and oxygen atoms in total. The predicted molar refractivity (Wildman–Crippen MR) is 135 cm³/mol. The number of ether oxygens (including phenoxy) is 2. The maximum atomic E-state index is 12.4. The van der Waals surface area contributed by atoms with Gasteiger partial charge in [-0.05, 0) is 50.8 Å². The van der Waals surface area contributed by atoms with E-state index in [9.17, 15) is 10.1 Å². The number of fused-ring (bicyclic) bond motifs is 1. The Morgan fingerprint density at radius 1 is 1.03 bits per heavy atom. The topological polar surface area (TPSA) is 74.6 Å². The van der Waals surface area contributed by atoms with Crippen LogP contribution in [0.1, 0.15) is 44.7 Å². The average Bonchev–Trinajstić information content (AvgIpc) is 2.82. The molecular formula is C28H31N3O3. The Balaban J connectivity index is 1.64. The van der Waals surface area contributed by atoms with Crippen molar-refractivity contribution in [1.29, 1.82) is 5.26 Å². The quantitative estimate of drug-likeness (QED) is 0.481. The molecule has 4 rings (SSSR count). The predicted octanol–water partition coefficient (Wildman–Crippen LogP) is 6.54. The number of rotatable bonds is 4. The summed E-state index contributed by atoms with van der Waals surface area (Å²) in [7, 11) is 0. The van der Waals surface area contributed by atoms with Crippen molar-refractivity contribution in [2.45, 2.75) is 52.2 Å². The minimum atomic E-state index is -0.517. The number of benzene rings is 3. The van der Waals surface area contributed by atoms with E-state index in [0.29, 0.717) is 42.9 Å². The minimum Gasteiger partial charge on any atom is -0.487 e. The number of piperidine rings is 1. The Morgan fingerprint density at radius 2 is 1.65 bits per heavy atom. The van der Waals surface area contributed by atoms with Crippen LogP contribution in [0.15, 0.2) is 54.6 Å². The number of nitrogens with zero attached hydrogens (tertiary/aromatic N) is 2. The lowest BCUT2D eigenvalue weighted by Crippen LogP contribution is -2.44. The molecule has 1 fully saturated rings. The zero-order chi connectivity index (χ0) is 24.3. The molecule has 34 heavy (non-hydrogen) atoms. The van der Waals surface area contributed by atoms with Gasteiger partial charge >= 0.3 is 6.09 Å². The Bertz CT molecular complexity index is 1220. The van der Waals surface area contributed by atoms with E-state index in [1.54, 1.807) is 4.90 Å². The third-order valence-electron chi connectivity index (χ3n) is 5.96. The van der Waals surface area contributed by atoms with Crippen LogP contribution in [0.4, 0.5) is 16.2 Å². The Labute approximate surface area is 201 Å². The molecule has 1 heterocycles. The number of amides is 1. The fraction of sp³-hybridized carbons (Fsp3) is 0.357. The van der Waals surface area contributed by atoms with Gasteiger partial charge in [-0.1, -0.05) is 42.5 Å². The SMILES string of the molecule is Cc1c(C#N)c(Nc2ccccc2)c(OC2CCN(C(=O)OC(C)(C)C)CC2)c2ccccc12. The van der Waals surface area contributed by atoms with E-state index in [1.165, 1.54) is 0 Å². The first-order chi connectivity index (χ1) is 16.3. The molecule has 6 heteroatoms. The standard InChI is InChI=1S/C28H31N3O3/c1-19-22-12-8-9-13-23(22)26(25(24(19)18-29)30-20-10-6-5-7-11-20)33-21-14-16-31(17-15-21)27(32)34-28(2,3)4/h5-13,21,30H,14-17H2,1-4H3. The van der Waals surface area contributed by atoms with E-state index >= 15 is 0 Å².